The van der Waals surface area contributed by atoms with E-state index in [9.17, 15) is 0 Å². The van der Waals surface area contributed by atoms with E-state index in [-0.39, 0.29) is 0 Å². The van der Waals surface area contributed by atoms with Crippen molar-refractivity contribution >= 4 is 22.4 Å². The van der Waals surface area contributed by atoms with Crippen LogP contribution in [-0.4, -0.2) is 19.1 Å². The van der Waals surface area contributed by atoms with E-state index in [0.29, 0.717) is 5.88 Å². The summed E-state index contributed by atoms with van der Waals surface area (Å²) in [5, 5.41) is 2.42. The van der Waals surface area contributed by atoms with Gasteiger partial charge in [-0.3, -0.25) is 0 Å². The molecule has 2 aromatic carbocycles. The SMILES string of the molecule is CCCCCOc1ccc2c(C)c(OCCCCCl)ccc2c1. The molecule has 0 atom stereocenters. The molecule has 23 heavy (non-hydrogen) atoms. The van der Waals surface area contributed by atoms with Gasteiger partial charge in [0.05, 0.1) is 13.2 Å². The second-order valence-corrected chi connectivity index (χ2v) is 6.25. The van der Waals surface area contributed by atoms with Crippen molar-refractivity contribution in [2.24, 2.45) is 0 Å². The van der Waals surface area contributed by atoms with Crippen LogP contribution in [0.3, 0.4) is 0 Å². The van der Waals surface area contributed by atoms with Crippen molar-refractivity contribution in [3.63, 3.8) is 0 Å². The fourth-order valence-electron chi connectivity index (χ4n) is 2.61. The van der Waals surface area contributed by atoms with E-state index in [2.05, 4.69) is 44.2 Å². The molecule has 3 heteroatoms. The fourth-order valence-corrected chi connectivity index (χ4v) is 2.80. The lowest BCUT2D eigenvalue weighted by Gasteiger charge is -2.12. The summed E-state index contributed by atoms with van der Waals surface area (Å²) in [6.45, 7) is 5.83. The quantitative estimate of drug-likeness (QED) is 0.385. The van der Waals surface area contributed by atoms with Crippen molar-refractivity contribution in [1.29, 1.82) is 0 Å². The predicted molar refractivity (Wildman–Crippen MR) is 99.2 cm³/mol. The van der Waals surface area contributed by atoms with Gasteiger partial charge in [-0.25, -0.2) is 0 Å². The standard InChI is InChI=1S/C20H27ClO2/c1-3-4-6-13-22-18-9-10-19-16(2)20(11-8-17(19)15-18)23-14-7-5-12-21/h8-11,15H,3-7,12-14H2,1-2H3. The Morgan fingerprint density at radius 2 is 1.70 bits per heavy atom. The van der Waals surface area contributed by atoms with E-state index in [0.717, 1.165) is 44.0 Å². The molecule has 0 fully saturated rings. The van der Waals surface area contributed by atoms with Gasteiger partial charge in [0.2, 0.25) is 0 Å². The number of unbranched alkanes of at least 4 members (excludes halogenated alkanes) is 3. The third-order valence-corrected chi connectivity index (χ3v) is 4.28. The van der Waals surface area contributed by atoms with Crippen molar-refractivity contribution in [2.75, 3.05) is 19.1 Å². The number of hydrogen-bond donors (Lipinski definition) is 0. The molecule has 0 saturated carbocycles. The van der Waals surface area contributed by atoms with E-state index in [1.807, 2.05) is 0 Å². The molecule has 0 bridgehead atoms. The Hall–Kier alpha value is -1.41. The molecule has 0 spiro atoms. The molecule has 0 N–H and O–H groups in total. The molecule has 2 aromatic rings. The third-order valence-electron chi connectivity index (χ3n) is 4.01. The highest BCUT2D eigenvalue weighted by Gasteiger charge is 2.06. The van der Waals surface area contributed by atoms with Crippen LogP contribution in [0.1, 0.15) is 44.6 Å². The van der Waals surface area contributed by atoms with Crippen molar-refractivity contribution in [1.82, 2.24) is 0 Å². The summed E-state index contributed by atoms with van der Waals surface area (Å²) >= 11 is 5.69. The summed E-state index contributed by atoms with van der Waals surface area (Å²) in [6.07, 6.45) is 5.53. The fraction of sp³-hybridized carbons (Fsp3) is 0.500. The van der Waals surface area contributed by atoms with Crippen LogP contribution in [0.5, 0.6) is 11.5 Å². The molecule has 0 heterocycles. The summed E-state index contributed by atoms with van der Waals surface area (Å²) < 4.78 is 11.7. The van der Waals surface area contributed by atoms with Crippen LogP contribution in [0.25, 0.3) is 10.8 Å². The van der Waals surface area contributed by atoms with E-state index < -0.39 is 0 Å². The Morgan fingerprint density at radius 1 is 0.913 bits per heavy atom. The van der Waals surface area contributed by atoms with Crippen LogP contribution in [0.4, 0.5) is 0 Å². The van der Waals surface area contributed by atoms with Gasteiger partial charge in [-0.1, -0.05) is 31.9 Å². The number of rotatable bonds is 10. The van der Waals surface area contributed by atoms with Crippen molar-refractivity contribution in [2.45, 2.75) is 46.0 Å². The highest BCUT2D eigenvalue weighted by atomic mass is 35.5. The Bertz CT molecular complexity index is 610. The maximum Gasteiger partial charge on any atom is 0.122 e. The van der Waals surface area contributed by atoms with Crippen LogP contribution in [0, 0.1) is 6.92 Å². The maximum atomic E-state index is 5.88. The van der Waals surface area contributed by atoms with Crippen molar-refractivity contribution in [3.8, 4) is 11.5 Å². The minimum Gasteiger partial charge on any atom is -0.494 e. The Balaban J connectivity index is 2.03. The van der Waals surface area contributed by atoms with Crippen LogP contribution in [-0.2, 0) is 0 Å². The van der Waals surface area contributed by atoms with Gasteiger partial charge in [0.15, 0.2) is 0 Å². The molecule has 0 radical (unpaired) electrons. The largest absolute Gasteiger partial charge is 0.494 e. The molecule has 2 rings (SSSR count). The smallest absolute Gasteiger partial charge is 0.122 e. The molecule has 0 aliphatic rings. The number of ether oxygens (including phenoxy) is 2. The first-order valence-corrected chi connectivity index (χ1v) is 9.14. The summed E-state index contributed by atoms with van der Waals surface area (Å²) in [4.78, 5) is 0. The minimum atomic E-state index is 0.696. The van der Waals surface area contributed by atoms with Crippen LogP contribution in [0.2, 0.25) is 0 Å². The second kappa shape index (κ2) is 9.67. The second-order valence-electron chi connectivity index (χ2n) is 5.87. The average Bonchev–Trinajstić information content (AvgIpc) is 2.57. The third kappa shape index (κ3) is 5.31. The maximum absolute atomic E-state index is 5.88. The van der Waals surface area contributed by atoms with Gasteiger partial charge in [-0.2, -0.15) is 0 Å². The van der Waals surface area contributed by atoms with E-state index in [4.69, 9.17) is 21.1 Å². The predicted octanol–water partition coefficient (Wildman–Crippen LogP) is 6.12. The molecular weight excluding hydrogens is 308 g/mol. The molecule has 0 amide bonds. The van der Waals surface area contributed by atoms with Crippen molar-refractivity contribution in [3.05, 3.63) is 35.9 Å². The van der Waals surface area contributed by atoms with Crippen LogP contribution < -0.4 is 9.47 Å². The number of aryl methyl sites for hydroxylation is 1. The van der Waals surface area contributed by atoms with Gasteiger partial charge in [-0.15, -0.1) is 11.6 Å². The average molecular weight is 335 g/mol. The highest BCUT2D eigenvalue weighted by Crippen LogP contribution is 2.30. The first kappa shape index (κ1) is 17.9. The normalized spacial score (nSPS) is 10.9. The number of halogens is 1. The van der Waals surface area contributed by atoms with E-state index in [1.165, 1.54) is 29.2 Å². The zero-order chi connectivity index (χ0) is 16.5. The van der Waals surface area contributed by atoms with Gasteiger partial charge in [0, 0.05) is 5.88 Å². The summed E-state index contributed by atoms with van der Waals surface area (Å²) in [5.74, 6) is 2.61. The molecular formula is C20H27ClO2. The lowest BCUT2D eigenvalue weighted by atomic mass is 10.0. The lowest BCUT2D eigenvalue weighted by Crippen LogP contribution is -2.00. The molecule has 0 aromatic heterocycles. The van der Waals surface area contributed by atoms with E-state index in [1.54, 1.807) is 0 Å². The number of fused-ring (bicyclic) bond motifs is 1. The summed E-state index contributed by atoms with van der Waals surface area (Å²) in [7, 11) is 0. The number of alkyl halides is 1. The van der Waals surface area contributed by atoms with Crippen LogP contribution in [0.15, 0.2) is 30.3 Å². The zero-order valence-electron chi connectivity index (χ0n) is 14.2. The highest BCUT2D eigenvalue weighted by molar-refractivity contribution is 6.17. The van der Waals surface area contributed by atoms with E-state index >= 15 is 0 Å². The first-order valence-electron chi connectivity index (χ1n) is 8.61. The molecule has 0 saturated heterocycles. The molecule has 2 nitrogen and oxygen atoms in total. The van der Waals surface area contributed by atoms with Gasteiger partial charge in [-0.05, 0) is 60.7 Å². The Kier molecular flexibility index (Phi) is 7.54. The lowest BCUT2D eigenvalue weighted by molar-refractivity contribution is 0.306. The van der Waals surface area contributed by atoms with Gasteiger partial charge in [0.1, 0.15) is 11.5 Å². The van der Waals surface area contributed by atoms with Gasteiger partial charge >= 0.3 is 0 Å². The molecule has 0 aliphatic carbocycles. The minimum absolute atomic E-state index is 0.696. The molecule has 0 aliphatic heterocycles. The van der Waals surface area contributed by atoms with Crippen LogP contribution >= 0.6 is 11.6 Å². The number of hydrogen-bond acceptors (Lipinski definition) is 2. The zero-order valence-corrected chi connectivity index (χ0v) is 15.0. The van der Waals surface area contributed by atoms with Gasteiger partial charge in [0.25, 0.3) is 0 Å². The molecule has 126 valence electrons. The Labute approximate surface area is 144 Å². The molecule has 0 unspecified atom stereocenters. The van der Waals surface area contributed by atoms with Crippen molar-refractivity contribution < 1.29 is 9.47 Å². The first-order chi connectivity index (χ1) is 11.3. The number of benzene rings is 2. The Morgan fingerprint density at radius 3 is 2.48 bits per heavy atom. The summed E-state index contributed by atoms with van der Waals surface area (Å²) in [5.41, 5.74) is 1.19. The van der Waals surface area contributed by atoms with Gasteiger partial charge < -0.3 is 9.47 Å². The topological polar surface area (TPSA) is 18.5 Å². The summed E-state index contributed by atoms with van der Waals surface area (Å²) in [6, 6.07) is 10.5. The monoisotopic (exact) mass is 334 g/mol.